The summed E-state index contributed by atoms with van der Waals surface area (Å²) in [4.78, 5) is 28.7. The van der Waals surface area contributed by atoms with Crippen molar-refractivity contribution in [3.63, 3.8) is 0 Å². The van der Waals surface area contributed by atoms with E-state index in [0.717, 1.165) is 23.1 Å². The minimum Gasteiger partial charge on any atom is -0.448 e. The molecule has 3 aromatic rings. The van der Waals surface area contributed by atoms with Gasteiger partial charge in [0.15, 0.2) is 0 Å². The quantitative estimate of drug-likeness (QED) is 0.236. The van der Waals surface area contributed by atoms with Crippen molar-refractivity contribution in [2.45, 2.75) is 32.5 Å². The van der Waals surface area contributed by atoms with Crippen molar-refractivity contribution in [3.05, 3.63) is 88.5 Å². The Balaban J connectivity index is 1.25. The highest BCUT2D eigenvalue weighted by molar-refractivity contribution is 6.83. The van der Waals surface area contributed by atoms with Crippen LogP contribution >= 0.6 is 0 Å². The van der Waals surface area contributed by atoms with Gasteiger partial charge in [-0.15, -0.1) is 5.54 Å². The summed E-state index contributed by atoms with van der Waals surface area (Å²) in [5.41, 5.74) is 11.9. The summed E-state index contributed by atoms with van der Waals surface area (Å²) in [6, 6.07) is 20.5. The number of benzene rings is 3. The topological polar surface area (TPSA) is 49.9 Å². The van der Waals surface area contributed by atoms with Crippen LogP contribution in [0.15, 0.2) is 60.7 Å². The van der Waals surface area contributed by atoms with Crippen LogP contribution in [0.5, 0.6) is 0 Å². The standard InChI is InChI=1S/C32H34N2O3Si/c1-23-25(13-18-38(2,3)4)19-24(21-35)20-31(23)33-14-16-34(17-15-33)32(36)37-22-30-28-11-7-5-9-26(28)27-10-6-8-12-29(27)30/h5-12,19-21,30H,14-17,22H2,1-4H3. The van der Waals surface area contributed by atoms with Gasteiger partial charge in [0.1, 0.15) is 21.0 Å². The predicted molar refractivity (Wildman–Crippen MR) is 156 cm³/mol. The maximum absolute atomic E-state index is 13.0. The van der Waals surface area contributed by atoms with Gasteiger partial charge in [-0.1, -0.05) is 74.1 Å². The summed E-state index contributed by atoms with van der Waals surface area (Å²) in [6.07, 6.45) is 0.613. The fourth-order valence-corrected chi connectivity index (χ4v) is 5.83. The lowest BCUT2D eigenvalue weighted by Gasteiger charge is -2.36. The minimum atomic E-state index is -1.55. The van der Waals surface area contributed by atoms with Gasteiger partial charge in [0.25, 0.3) is 0 Å². The van der Waals surface area contributed by atoms with Gasteiger partial charge < -0.3 is 14.5 Å². The van der Waals surface area contributed by atoms with Gasteiger partial charge in [0.05, 0.1) is 0 Å². The van der Waals surface area contributed by atoms with Crippen LogP contribution in [0.25, 0.3) is 11.1 Å². The zero-order valence-electron chi connectivity index (χ0n) is 22.6. The Morgan fingerprint density at radius 2 is 1.58 bits per heavy atom. The van der Waals surface area contributed by atoms with Gasteiger partial charge in [-0.2, -0.15) is 0 Å². The van der Waals surface area contributed by atoms with Crippen molar-refractivity contribution in [3.8, 4) is 22.6 Å². The molecule has 1 amide bonds. The van der Waals surface area contributed by atoms with Crippen LogP contribution in [0.4, 0.5) is 10.5 Å². The highest BCUT2D eigenvalue weighted by Gasteiger charge is 2.30. The van der Waals surface area contributed by atoms with Crippen molar-refractivity contribution in [1.82, 2.24) is 4.90 Å². The smallest absolute Gasteiger partial charge is 0.409 e. The average molecular weight is 523 g/mol. The third-order valence-electron chi connectivity index (χ3n) is 7.33. The molecule has 0 unspecified atom stereocenters. The van der Waals surface area contributed by atoms with Gasteiger partial charge in [-0.05, 0) is 46.9 Å². The Hall–Kier alpha value is -3.82. The fraction of sp³-hybridized carbons (Fsp3) is 0.312. The lowest BCUT2D eigenvalue weighted by Crippen LogP contribution is -2.49. The highest BCUT2D eigenvalue weighted by atomic mass is 28.3. The fourth-order valence-electron chi connectivity index (χ4n) is 5.32. The van der Waals surface area contributed by atoms with E-state index in [1.54, 1.807) is 4.90 Å². The van der Waals surface area contributed by atoms with Gasteiger partial charge in [-0.3, -0.25) is 4.79 Å². The molecular formula is C32H34N2O3Si. The van der Waals surface area contributed by atoms with Crippen molar-refractivity contribution in [2.75, 3.05) is 37.7 Å². The number of carbonyl (C=O) groups excluding carboxylic acids is 2. The predicted octanol–water partition coefficient (Wildman–Crippen LogP) is 6.11. The van der Waals surface area contributed by atoms with E-state index in [0.29, 0.717) is 38.3 Å². The van der Waals surface area contributed by atoms with E-state index in [1.165, 1.54) is 22.3 Å². The number of hydrogen-bond donors (Lipinski definition) is 0. The first-order valence-corrected chi connectivity index (χ1v) is 16.7. The van der Waals surface area contributed by atoms with Crippen LogP contribution in [0.3, 0.4) is 0 Å². The van der Waals surface area contributed by atoms with Gasteiger partial charge >= 0.3 is 6.09 Å². The second-order valence-corrected chi connectivity index (χ2v) is 15.9. The van der Waals surface area contributed by atoms with Crippen LogP contribution in [0, 0.1) is 18.4 Å². The second kappa shape index (κ2) is 10.5. The van der Waals surface area contributed by atoms with E-state index in [2.05, 4.69) is 79.3 Å². The van der Waals surface area contributed by atoms with E-state index < -0.39 is 8.07 Å². The molecule has 1 aliphatic heterocycles. The third-order valence-corrected chi connectivity index (χ3v) is 8.20. The largest absolute Gasteiger partial charge is 0.448 e. The highest BCUT2D eigenvalue weighted by Crippen LogP contribution is 2.44. The number of piperazine rings is 1. The van der Waals surface area contributed by atoms with Crippen LogP contribution in [-0.2, 0) is 4.74 Å². The van der Waals surface area contributed by atoms with Crippen molar-refractivity contribution < 1.29 is 14.3 Å². The number of fused-ring (bicyclic) bond motifs is 3. The number of amides is 1. The Labute approximate surface area is 226 Å². The Bertz CT molecular complexity index is 1390. The van der Waals surface area contributed by atoms with E-state index in [9.17, 15) is 9.59 Å². The molecule has 3 aromatic carbocycles. The molecule has 0 bridgehead atoms. The monoisotopic (exact) mass is 522 g/mol. The molecule has 1 heterocycles. The van der Waals surface area contributed by atoms with Crippen molar-refractivity contribution >= 4 is 26.1 Å². The summed E-state index contributed by atoms with van der Waals surface area (Å²) < 4.78 is 5.87. The summed E-state index contributed by atoms with van der Waals surface area (Å²) in [5, 5.41) is 0. The second-order valence-electron chi connectivity index (χ2n) is 11.1. The van der Waals surface area contributed by atoms with Gasteiger partial charge in [0, 0.05) is 48.9 Å². The van der Waals surface area contributed by atoms with E-state index in [-0.39, 0.29) is 12.0 Å². The number of carbonyl (C=O) groups is 2. The molecule has 0 N–H and O–H groups in total. The summed E-state index contributed by atoms with van der Waals surface area (Å²) in [6.45, 7) is 11.5. The van der Waals surface area contributed by atoms with Crippen molar-refractivity contribution in [2.24, 2.45) is 0 Å². The van der Waals surface area contributed by atoms with E-state index >= 15 is 0 Å². The maximum atomic E-state index is 13.0. The first-order valence-electron chi connectivity index (χ1n) is 13.2. The molecule has 38 heavy (non-hydrogen) atoms. The summed E-state index contributed by atoms with van der Waals surface area (Å²) in [7, 11) is -1.55. The molecular weight excluding hydrogens is 488 g/mol. The molecule has 0 radical (unpaired) electrons. The van der Waals surface area contributed by atoms with Crippen LogP contribution in [-0.4, -0.2) is 58.1 Å². The Morgan fingerprint density at radius 1 is 0.974 bits per heavy atom. The van der Waals surface area contributed by atoms with Crippen molar-refractivity contribution in [1.29, 1.82) is 0 Å². The molecule has 6 heteroatoms. The number of anilines is 1. The van der Waals surface area contributed by atoms with Gasteiger partial charge in [-0.25, -0.2) is 4.79 Å². The zero-order chi connectivity index (χ0) is 26.9. The number of aldehydes is 1. The Morgan fingerprint density at radius 3 is 2.16 bits per heavy atom. The molecule has 0 spiro atoms. The molecule has 194 valence electrons. The molecule has 5 nitrogen and oxygen atoms in total. The molecule has 1 aliphatic carbocycles. The lowest BCUT2D eigenvalue weighted by molar-refractivity contribution is 0.0976. The molecule has 0 aromatic heterocycles. The zero-order valence-corrected chi connectivity index (χ0v) is 23.6. The molecule has 2 aliphatic rings. The summed E-state index contributed by atoms with van der Waals surface area (Å²) in [5.74, 6) is 3.39. The molecule has 1 saturated heterocycles. The molecule has 5 rings (SSSR count). The number of ether oxygens (including phenoxy) is 1. The maximum Gasteiger partial charge on any atom is 0.409 e. The average Bonchev–Trinajstić information content (AvgIpc) is 3.24. The van der Waals surface area contributed by atoms with E-state index in [1.807, 2.05) is 24.3 Å². The Kier molecular flexibility index (Phi) is 7.14. The normalized spacial score (nSPS) is 14.8. The van der Waals surface area contributed by atoms with Gasteiger partial charge in [0.2, 0.25) is 0 Å². The molecule has 1 fully saturated rings. The number of rotatable bonds is 4. The first kappa shape index (κ1) is 25.8. The SMILES string of the molecule is Cc1c(C#C[Si](C)(C)C)cc(C=O)cc1N1CCN(C(=O)OCC2c3ccccc3-c3ccccc32)CC1. The molecule has 0 atom stereocenters. The summed E-state index contributed by atoms with van der Waals surface area (Å²) >= 11 is 0. The van der Waals surface area contributed by atoms with Crippen LogP contribution < -0.4 is 4.90 Å². The third kappa shape index (κ3) is 5.25. The number of nitrogens with zero attached hydrogens (tertiary/aromatic N) is 2. The first-order chi connectivity index (χ1) is 18.2. The van der Waals surface area contributed by atoms with Crippen LogP contribution in [0.2, 0.25) is 19.6 Å². The number of hydrogen-bond acceptors (Lipinski definition) is 4. The molecule has 0 saturated carbocycles. The van der Waals surface area contributed by atoms with E-state index in [4.69, 9.17) is 4.74 Å². The van der Waals surface area contributed by atoms with Crippen LogP contribution in [0.1, 0.15) is 38.5 Å². The lowest BCUT2D eigenvalue weighted by atomic mass is 9.98. The minimum absolute atomic E-state index is 0.0528.